The Morgan fingerprint density at radius 3 is 2.57 bits per heavy atom. The van der Waals surface area contributed by atoms with E-state index in [0.717, 1.165) is 24.7 Å². The fourth-order valence-corrected chi connectivity index (χ4v) is 1.77. The number of amides is 1. The first kappa shape index (κ1) is 17.8. The lowest BCUT2D eigenvalue weighted by atomic mass is 10.2. The molecular formula is C14H18ClF3N2O. The van der Waals surface area contributed by atoms with Crippen molar-refractivity contribution in [3.05, 3.63) is 28.8 Å². The highest BCUT2D eigenvalue weighted by atomic mass is 35.5. The van der Waals surface area contributed by atoms with Crippen LogP contribution < -0.4 is 10.6 Å². The molecule has 1 aromatic rings. The van der Waals surface area contributed by atoms with Gasteiger partial charge in [-0.25, -0.2) is 0 Å². The fraction of sp³-hybridized carbons (Fsp3) is 0.500. The van der Waals surface area contributed by atoms with Crippen LogP contribution in [0.1, 0.15) is 25.8 Å². The van der Waals surface area contributed by atoms with Gasteiger partial charge in [-0.05, 0) is 30.7 Å². The summed E-state index contributed by atoms with van der Waals surface area (Å²) in [4.78, 5) is 11.7. The van der Waals surface area contributed by atoms with Crippen LogP contribution in [0, 0.1) is 5.92 Å². The molecule has 118 valence electrons. The predicted molar refractivity (Wildman–Crippen MR) is 77.4 cm³/mol. The van der Waals surface area contributed by atoms with Crippen molar-refractivity contribution in [3.8, 4) is 0 Å². The average molecular weight is 323 g/mol. The van der Waals surface area contributed by atoms with E-state index in [2.05, 4.69) is 10.6 Å². The molecule has 0 spiro atoms. The van der Waals surface area contributed by atoms with Gasteiger partial charge in [0.15, 0.2) is 0 Å². The van der Waals surface area contributed by atoms with Gasteiger partial charge in [0, 0.05) is 13.0 Å². The lowest BCUT2D eigenvalue weighted by molar-refractivity contribution is -0.137. The predicted octanol–water partition coefficient (Wildman–Crippen LogP) is 3.93. The second kappa shape index (κ2) is 7.66. The van der Waals surface area contributed by atoms with Crippen LogP contribution in [-0.4, -0.2) is 19.0 Å². The molecule has 3 nitrogen and oxygen atoms in total. The van der Waals surface area contributed by atoms with Gasteiger partial charge < -0.3 is 10.6 Å². The highest BCUT2D eigenvalue weighted by Crippen LogP contribution is 2.33. The third-order valence-electron chi connectivity index (χ3n) is 2.65. The summed E-state index contributed by atoms with van der Waals surface area (Å²) in [6.45, 7) is 5.31. The summed E-state index contributed by atoms with van der Waals surface area (Å²) in [6.07, 6.45) is -4.30. The molecule has 0 bridgehead atoms. The van der Waals surface area contributed by atoms with E-state index in [9.17, 15) is 18.0 Å². The average Bonchev–Trinajstić information content (AvgIpc) is 2.36. The summed E-state index contributed by atoms with van der Waals surface area (Å²) in [7, 11) is 0. The van der Waals surface area contributed by atoms with Crippen LogP contribution in [0.15, 0.2) is 18.2 Å². The zero-order valence-corrected chi connectivity index (χ0v) is 12.6. The van der Waals surface area contributed by atoms with Crippen molar-refractivity contribution < 1.29 is 18.0 Å². The Kier molecular flexibility index (Phi) is 6.48. The summed E-state index contributed by atoms with van der Waals surface area (Å²) >= 11 is 5.80. The molecule has 0 radical (unpaired) electrons. The number of hydrogen-bond donors (Lipinski definition) is 2. The monoisotopic (exact) mass is 322 g/mol. The molecule has 21 heavy (non-hydrogen) atoms. The minimum Gasteiger partial charge on any atom is -0.325 e. The summed E-state index contributed by atoms with van der Waals surface area (Å²) in [5.74, 6) is 0.0819. The number of carbonyl (C=O) groups is 1. The maximum absolute atomic E-state index is 12.6. The van der Waals surface area contributed by atoms with E-state index in [-0.39, 0.29) is 23.0 Å². The van der Waals surface area contributed by atoms with E-state index < -0.39 is 11.7 Å². The highest BCUT2D eigenvalue weighted by Gasteiger charge is 2.31. The Hall–Kier alpha value is -1.27. The molecule has 0 fully saturated rings. The summed E-state index contributed by atoms with van der Waals surface area (Å²) in [5, 5.41) is 5.55. The molecule has 0 atom stereocenters. The number of anilines is 1. The SMILES string of the molecule is CC(C)CNCCC(=O)Nc1cc(C(F)(F)F)ccc1Cl. The van der Waals surface area contributed by atoms with Crippen molar-refractivity contribution in [3.63, 3.8) is 0 Å². The number of rotatable bonds is 6. The van der Waals surface area contributed by atoms with Crippen molar-refractivity contribution in [2.75, 3.05) is 18.4 Å². The smallest absolute Gasteiger partial charge is 0.325 e. The second-order valence-electron chi connectivity index (χ2n) is 5.09. The Bertz CT molecular complexity index is 490. The van der Waals surface area contributed by atoms with E-state index in [1.807, 2.05) is 13.8 Å². The van der Waals surface area contributed by atoms with Gasteiger partial charge in [-0.3, -0.25) is 4.79 Å². The van der Waals surface area contributed by atoms with Crippen LogP contribution >= 0.6 is 11.6 Å². The first-order valence-corrected chi connectivity index (χ1v) is 6.95. The molecule has 0 aliphatic carbocycles. The molecule has 2 N–H and O–H groups in total. The van der Waals surface area contributed by atoms with Crippen molar-refractivity contribution >= 4 is 23.2 Å². The largest absolute Gasteiger partial charge is 0.416 e. The molecule has 0 aliphatic heterocycles. The Morgan fingerprint density at radius 2 is 2.00 bits per heavy atom. The van der Waals surface area contributed by atoms with Crippen LogP contribution in [0.3, 0.4) is 0 Å². The molecule has 1 amide bonds. The van der Waals surface area contributed by atoms with E-state index in [1.54, 1.807) is 0 Å². The standard InChI is InChI=1S/C14H18ClF3N2O/c1-9(2)8-19-6-5-13(21)20-12-7-10(14(16,17)18)3-4-11(12)15/h3-4,7,9,19H,5-6,8H2,1-2H3,(H,20,21). The zero-order valence-electron chi connectivity index (χ0n) is 11.9. The van der Waals surface area contributed by atoms with E-state index in [1.165, 1.54) is 0 Å². The second-order valence-corrected chi connectivity index (χ2v) is 5.50. The minimum atomic E-state index is -4.47. The lowest BCUT2D eigenvalue weighted by Gasteiger charge is -2.12. The van der Waals surface area contributed by atoms with E-state index >= 15 is 0 Å². The van der Waals surface area contributed by atoms with Crippen molar-refractivity contribution in [2.24, 2.45) is 5.92 Å². The molecule has 1 aromatic carbocycles. The van der Waals surface area contributed by atoms with E-state index in [4.69, 9.17) is 11.6 Å². The number of carbonyl (C=O) groups excluding carboxylic acids is 1. The van der Waals surface area contributed by atoms with Crippen molar-refractivity contribution in [1.29, 1.82) is 0 Å². The maximum atomic E-state index is 12.6. The van der Waals surface area contributed by atoms with Gasteiger partial charge in [0.05, 0.1) is 16.3 Å². The lowest BCUT2D eigenvalue weighted by Crippen LogP contribution is -2.25. The molecule has 0 aromatic heterocycles. The van der Waals surface area contributed by atoms with Crippen LogP contribution in [0.25, 0.3) is 0 Å². The summed E-state index contributed by atoms with van der Waals surface area (Å²) in [5.41, 5.74) is -0.875. The van der Waals surface area contributed by atoms with E-state index in [0.29, 0.717) is 12.5 Å². The number of benzene rings is 1. The minimum absolute atomic E-state index is 0.0275. The Morgan fingerprint density at radius 1 is 1.33 bits per heavy atom. The molecule has 1 rings (SSSR count). The fourth-order valence-electron chi connectivity index (χ4n) is 1.60. The molecule has 0 heterocycles. The number of alkyl halides is 3. The third kappa shape index (κ3) is 6.35. The van der Waals surface area contributed by atoms with Crippen LogP contribution in [0.2, 0.25) is 5.02 Å². The molecule has 0 saturated carbocycles. The Balaban J connectivity index is 2.59. The topological polar surface area (TPSA) is 41.1 Å². The van der Waals surface area contributed by atoms with Crippen LogP contribution in [0.4, 0.5) is 18.9 Å². The van der Waals surface area contributed by atoms with Crippen molar-refractivity contribution in [1.82, 2.24) is 5.32 Å². The van der Waals surface area contributed by atoms with Gasteiger partial charge in [0.1, 0.15) is 0 Å². The first-order chi connectivity index (χ1) is 9.70. The Labute approximate surface area is 126 Å². The number of nitrogens with one attached hydrogen (secondary N) is 2. The van der Waals surface area contributed by atoms with Gasteiger partial charge in [-0.2, -0.15) is 13.2 Å². The van der Waals surface area contributed by atoms with Crippen LogP contribution in [-0.2, 0) is 11.0 Å². The number of halogens is 4. The molecule has 0 saturated heterocycles. The molecule has 0 aliphatic rings. The molecule has 0 unspecified atom stereocenters. The quantitative estimate of drug-likeness (QED) is 0.779. The molecule has 7 heteroatoms. The van der Waals surface area contributed by atoms with Crippen molar-refractivity contribution in [2.45, 2.75) is 26.4 Å². The van der Waals surface area contributed by atoms with Gasteiger partial charge in [0.2, 0.25) is 5.91 Å². The number of hydrogen-bond acceptors (Lipinski definition) is 2. The maximum Gasteiger partial charge on any atom is 0.416 e. The van der Waals surface area contributed by atoms with Gasteiger partial charge >= 0.3 is 6.18 Å². The summed E-state index contributed by atoms with van der Waals surface area (Å²) in [6, 6.07) is 2.83. The van der Waals surface area contributed by atoms with Gasteiger partial charge in [-0.1, -0.05) is 25.4 Å². The van der Waals surface area contributed by atoms with Gasteiger partial charge in [-0.15, -0.1) is 0 Å². The zero-order chi connectivity index (χ0) is 16.0. The highest BCUT2D eigenvalue weighted by molar-refractivity contribution is 6.33. The first-order valence-electron chi connectivity index (χ1n) is 6.57. The normalized spacial score (nSPS) is 11.8. The third-order valence-corrected chi connectivity index (χ3v) is 2.98. The summed E-state index contributed by atoms with van der Waals surface area (Å²) < 4.78 is 37.8. The molecular weight excluding hydrogens is 305 g/mol. The van der Waals surface area contributed by atoms with Gasteiger partial charge in [0.25, 0.3) is 0 Å². The van der Waals surface area contributed by atoms with Crippen LogP contribution in [0.5, 0.6) is 0 Å².